The highest BCUT2D eigenvalue weighted by molar-refractivity contribution is 6.31. The molecule has 11 heteroatoms. The van der Waals surface area contributed by atoms with E-state index in [1.54, 1.807) is 17.2 Å². The van der Waals surface area contributed by atoms with Gasteiger partial charge in [-0.3, -0.25) is 4.79 Å². The molecule has 3 heterocycles. The van der Waals surface area contributed by atoms with Crippen molar-refractivity contribution >= 4 is 52.3 Å². The summed E-state index contributed by atoms with van der Waals surface area (Å²) in [4.78, 5) is 19.1. The predicted molar refractivity (Wildman–Crippen MR) is 114 cm³/mol. The maximum absolute atomic E-state index is 13.0. The fraction of sp³-hybridized carbons (Fsp3) is 0.300. The zero-order valence-corrected chi connectivity index (χ0v) is 17.9. The molecule has 166 valence electrons. The number of anilines is 2. The molecule has 2 aromatic heterocycles. The summed E-state index contributed by atoms with van der Waals surface area (Å²) >= 11 is 5.81. The zero-order chi connectivity index (χ0) is 21.5. The third-order valence-electron chi connectivity index (χ3n) is 4.97. The molecule has 0 bridgehead atoms. The van der Waals surface area contributed by atoms with E-state index < -0.39 is 16.8 Å². The van der Waals surface area contributed by atoms with Gasteiger partial charge in [-0.1, -0.05) is 11.6 Å². The van der Waals surface area contributed by atoms with Crippen LogP contribution in [0.15, 0.2) is 36.7 Å². The van der Waals surface area contributed by atoms with Crippen LogP contribution in [-0.2, 0) is 18.0 Å². The van der Waals surface area contributed by atoms with Crippen LogP contribution in [0.4, 0.5) is 24.7 Å². The van der Waals surface area contributed by atoms with Crippen molar-refractivity contribution in [2.45, 2.75) is 6.18 Å². The van der Waals surface area contributed by atoms with Crippen LogP contribution < -0.4 is 5.32 Å². The van der Waals surface area contributed by atoms with Gasteiger partial charge >= 0.3 is 6.18 Å². The number of carbonyl (C=O) groups excluding carboxylic acids is 1. The average molecular weight is 475 g/mol. The smallest absolute Gasteiger partial charge is 0.378 e. The fourth-order valence-electron chi connectivity index (χ4n) is 3.47. The minimum Gasteiger partial charge on any atom is -0.378 e. The number of aryl methyl sites for hydroxylation is 1. The lowest BCUT2D eigenvalue weighted by Gasteiger charge is -2.27. The molecular weight excluding hydrogens is 456 g/mol. The Morgan fingerprint density at radius 2 is 1.94 bits per heavy atom. The standard InChI is InChI=1S/C20H18ClF3N4O2.ClH/c1-27-5-4-13-17(27)14(19(29)28-6-8-30-9-7-28)11-25-18(13)26-12-2-3-15(16(21)10-12)20(22,23)24;/h2-5,10-11H,6-9H2,1H3,(H,25,26);1H. The number of rotatable bonds is 3. The third-order valence-corrected chi connectivity index (χ3v) is 5.28. The lowest BCUT2D eigenvalue weighted by atomic mass is 10.1. The second-order valence-corrected chi connectivity index (χ2v) is 7.34. The second-order valence-electron chi connectivity index (χ2n) is 6.93. The van der Waals surface area contributed by atoms with Crippen LogP contribution in [0.5, 0.6) is 0 Å². The molecular formula is C20H19Cl2F3N4O2. The largest absolute Gasteiger partial charge is 0.417 e. The molecule has 0 unspecified atom stereocenters. The van der Waals surface area contributed by atoms with E-state index in [1.165, 1.54) is 18.3 Å². The molecule has 1 aliphatic rings. The molecule has 1 N–H and O–H groups in total. The second kappa shape index (κ2) is 8.94. The van der Waals surface area contributed by atoms with Crippen LogP contribution in [0.1, 0.15) is 15.9 Å². The van der Waals surface area contributed by atoms with E-state index >= 15 is 0 Å². The first-order valence-electron chi connectivity index (χ1n) is 9.20. The SMILES string of the molecule is Cl.Cn1ccc2c(Nc3ccc(C(F)(F)F)c(Cl)c3)ncc(C(=O)N3CCOCC3)c21. The molecule has 3 aromatic rings. The number of nitrogens with zero attached hydrogens (tertiary/aromatic N) is 3. The van der Waals surface area contributed by atoms with E-state index in [2.05, 4.69) is 10.3 Å². The molecule has 31 heavy (non-hydrogen) atoms. The van der Waals surface area contributed by atoms with Gasteiger partial charge in [-0.15, -0.1) is 12.4 Å². The number of nitrogens with one attached hydrogen (secondary N) is 1. The first-order valence-corrected chi connectivity index (χ1v) is 9.58. The number of fused-ring (bicyclic) bond motifs is 1. The van der Waals surface area contributed by atoms with E-state index in [0.29, 0.717) is 54.3 Å². The lowest BCUT2D eigenvalue weighted by molar-refractivity contribution is -0.137. The van der Waals surface area contributed by atoms with Crippen molar-refractivity contribution in [3.8, 4) is 0 Å². The van der Waals surface area contributed by atoms with Crippen LogP contribution >= 0.6 is 24.0 Å². The number of morpholine rings is 1. The van der Waals surface area contributed by atoms with Gasteiger partial charge in [0.25, 0.3) is 5.91 Å². The Bertz CT molecular complexity index is 1110. The summed E-state index contributed by atoms with van der Waals surface area (Å²) < 4.78 is 45.9. The van der Waals surface area contributed by atoms with E-state index in [-0.39, 0.29) is 18.3 Å². The molecule has 1 amide bonds. The van der Waals surface area contributed by atoms with Gasteiger partial charge in [-0.25, -0.2) is 4.98 Å². The van der Waals surface area contributed by atoms with Crippen LogP contribution in [0.2, 0.25) is 5.02 Å². The molecule has 4 rings (SSSR count). The van der Waals surface area contributed by atoms with Crippen LogP contribution in [0.3, 0.4) is 0 Å². The zero-order valence-electron chi connectivity index (χ0n) is 16.4. The number of hydrogen-bond donors (Lipinski definition) is 1. The monoisotopic (exact) mass is 474 g/mol. The van der Waals surface area contributed by atoms with Gasteiger partial charge in [0.15, 0.2) is 0 Å². The minimum absolute atomic E-state index is 0. The van der Waals surface area contributed by atoms with E-state index in [9.17, 15) is 18.0 Å². The Hall–Kier alpha value is -2.49. The Morgan fingerprint density at radius 3 is 2.58 bits per heavy atom. The summed E-state index contributed by atoms with van der Waals surface area (Å²) in [5.41, 5.74) is 0.592. The molecule has 0 saturated carbocycles. The van der Waals surface area contributed by atoms with Crippen molar-refractivity contribution in [3.63, 3.8) is 0 Å². The number of halogens is 5. The molecule has 0 radical (unpaired) electrons. The van der Waals surface area contributed by atoms with Crippen LogP contribution in [-0.4, -0.2) is 46.7 Å². The van der Waals surface area contributed by atoms with Crippen molar-refractivity contribution in [3.05, 3.63) is 52.8 Å². The molecule has 1 aromatic carbocycles. The maximum atomic E-state index is 13.0. The maximum Gasteiger partial charge on any atom is 0.417 e. The number of ether oxygens (including phenoxy) is 1. The molecule has 6 nitrogen and oxygen atoms in total. The molecule has 0 spiro atoms. The molecule has 0 aliphatic carbocycles. The number of amides is 1. The summed E-state index contributed by atoms with van der Waals surface area (Å²) in [6.45, 7) is 2.00. The molecule has 1 aliphatic heterocycles. The Balaban J connectivity index is 0.00000272. The topological polar surface area (TPSA) is 59.4 Å². The van der Waals surface area contributed by atoms with Crippen molar-refractivity contribution in [2.24, 2.45) is 7.05 Å². The van der Waals surface area contributed by atoms with Crippen molar-refractivity contribution in [1.29, 1.82) is 0 Å². The number of hydrogen-bond acceptors (Lipinski definition) is 4. The van der Waals surface area contributed by atoms with Gasteiger partial charge in [-0.05, 0) is 24.3 Å². The third kappa shape index (κ3) is 4.58. The molecule has 1 saturated heterocycles. The van der Waals surface area contributed by atoms with Gasteiger partial charge in [0.1, 0.15) is 5.82 Å². The van der Waals surface area contributed by atoms with Crippen molar-refractivity contribution < 1.29 is 22.7 Å². The van der Waals surface area contributed by atoms with Gasteiger partial charge in [-0.2, -0.15) is 13.2 Å². The average Bonchev–Trinajstić information content (AvgIpc) is 3.10. The Labute approximate surface area is 187 Å². The van der Waals surface area contributed by atoms with Gasteiger partial charge in [0, 0.05) is 43.6 Å². The van der Waals surface area contributed by atoms with Gasteiger partial charge in [0.2, 0.25) is 0 Å². The highest BCUT2D eigenvalue weighted by Gasteiger charge is 2.33. The van der Waals surface area contributed by atoms with Crippen LogP contribution in [0.25, 0.3) is 10.9 Å². The summed E-state index contributed by atoms with van der Waals surface area (Å²) in [6.07, 6.45) is -1.25. The molecule has 1 fully saturated rings. The number of carbonyl (C=O) groups is 1. The highest BCUT2D eigenvalue weighted by Crippen LogP contribution is 2.37. The Kier molecular flexibility index (Phi) is 6.68. The Morgan fingerprint density at radius 1 is 1.23 bits per heavy atom. The van der Waals surface area contributed by atoms with Crippen LogP contribution in [0, 0.1) is 0 Å². The summed E-state index contributed by atoms with van der Waals surface area (Å²) in [5.74, 6) is 0.279. The van der Waals surface area contributed by atoms with E-state index in [0.717, 1.165) is 6.07 Å². The summed E-state index contributed by atoms with van der Waals surface area (Å²) in [5, 5.41) is 3.27. The first-order chi connectivity index (χ1) is 14.3. The number of alkyl halides is 3. The van der Waals surface area contributed by atoms with Gasteiger partial charge < -0.3 is 19.5 Å². The number of aromatic nitrogens is 2. The van der Waals surface area contributed by atoms with Gasteiger partial charge in [0.05, 0.1) is 34.9 Å². The first kappa shape index (κ1) is 23.2. The molecule has 0 atom stereocenters. The van der Waals surface area contributed by atoms with E-state index in [1.807, 2.05) is 11.6 Å². The predicted octanol–water partition coefficient (Wildman–Crippen LogP) is 4.88. The lowest BCUT2D eigenvalue weighted by Crippen LogP contribution is -2.40. The fourth-order valence-corrected chi connectivity index (χ4v) is 3.76. The quantitative estimate of drug-likeness (QED) is 0.587. The normalized spacial score (nSPS) is 14.4. The number of benzene rings is 1. The van der Waals surface area contributed by atoms with Crippen molar-refractivity contribution in [2.75, 3.05) is 31.6 Å². The highest BCUT2D eigenvalue weighted by atomic mass is 35.5. The summed E-state index contributed by atoms with van der Waals surface area (Å²) in [7, 11) is 1.82. The minimum atomic E-state index is -4.53. The van der Waals surface area contributed by atoms with Crippen molar-refractivity contribution in [1.82, 2.24) is 14.5 Å². The summed E-state index contributed by atoms with van der Waals surface area (Å²) in [6, 6.07) is 5.21. The number of pyridine rings is 1. The van der Waals surface area contributed by atoms with E-state index in [4.69, 9.17) is 16.3 Å².